The molecule has 0 spiro atoms. The van der Waals surface area contributed by atoms with E-state index in [1.807, 2.05) is 6.92 Å². The summed E-state index contributed by atoms with van der Waals surface area (Å²) in [6.07, 6.45) is 2.31. The van der Waals surface area contributed by atoms with Crippen LogP contribution < -0.4 is 5.73 Å². The third-order valence-electron chi connectivity index (χ3n) is 2.31. The van der Waals surface area contributed by atoms with Gasteiger partial charge in [-0.1, -0.05) is 6.92 Å². The molecular weight excluding hydrogens is 182 g/mol. The zero-order valence-corrected chi connectivity index (χ0v) is 8.71. The molecule has 14 heavy (non-hydrogen) atoms. The van der Waals surface area contributed by atoms with E-state index in [2.05, 4.69) is 4.74 Å². The number of ether oxygens (including phenoxy) is 2. The van der Waals surface area contributed by atoms with Crippen LogP contribution in [0.25, 0.3) is 0 Å². The van der Waals surface area contributed by atoms with Gasteiger partial charge in [0.05, 0.1) is 18.8 Å². The van der Waals surface area contributed by atoms with Crippen LogP contribution in [0.3, 0.4) is 0 Å². The van der Waals surface area contributed by atoms with Crippen molar-refractivity contribution in [2.24, 2.45) is 5.73 Å². The highest BCUT2D eigenvalue weighted by atomic mass is 16.5. The van der Waals surface area contributed by atoms with Crippen LogP contribution >= 0.6 is 0 Å². The van der Waals surface area contributed by atoms with Gasteiger partial charge < -0.3 is 15.2 Å². The van der Waals surface area contributed by atoms with Crippen molar-refractivity contribution in [3.63, 3.8) is 0 Å². The first-order valence-electron chi connectivity index (χ1n) is 4.89. The van der Waals surface area contributed by atoms with E-state index < -0.39 is 0 Å². The Hall–Kier alpha value is -1.03. The van der Waals surface area contributed by atoms with Gasteiger partial charge in [-0.25, -0.2) is 4.79 Å². The minimum atomic E-state index is -0.329. The summed E-state index contributed by atoms with van der Waals surface area (Å²) in [7, 11) is 1.36. The zero-order chi connectivity index (χ0) is 10.6. The number of hydrogen-bond acceptors (Lipinski definition) is 4. The summed E-state index contributed by atoms with van der Waals surface area (Å²) in [5, 5.41) is 0. The molecule has 4 nitrogen and oxygen atoms in total. The van der Waals surface area contributed by atoms with Crippen LogP contribution in [0, 0.1) is 0 Å². The Bertz CT molecular complexity index is 248. The lowest BCUT2D eigenvalue weighted by molar-refractivity contribution is -0.136. The summed E-state index contributed by atoms with van der Waals surface area (Å²) in [6.45, 7) is 2.72. The van der Waals surface area contributed by atoms with Crippen molar-refractivity contribution < 1.29 is 14.3 Å². The molecule has 0 radical (unpaired) electrons. The number of esters is 1. The quantitative estimate of drug-likeness (QED) is 0.685. The lowest BCUT2D eigenvalue weighted by Crippen LogP contribution is -2.19. The highest BCUT2D eigenvalue weighted by molar-refractivity contribution is 5.89. The standard InChI is InChI=1S/C10H17NO3/c1-3-6-14-8-5-4-7(9(8)11)10(12)13-2/h8H,3-6,11H2,1-2H3. The summed E-state index contributed by atoms with van der Waals surface area (Å²) in [6, 6.07) is 0. The Kier molecular flexibility index (Phi) is 3.95. The van der Waals surface area contributed by atoms with E-state index in [4.69, 9.17) is 10.5 Å². The maximum atomic E-state index is 11.2. The summed E-state index contributed by atoms with van der Waals surface area (Å²) in [5.41, 5.74) is 6.92. The molecule has 0 amide bonds. The molecular formula is C10H17NO3. The number of hydrogen-bond donors (Lipinski definition) is 1. The van der Waals surface area contributed by atoms with Crippen molar-refractivity contribution in [2.45, 2.75) is 32.3 Å². The summed E-state index contributed by atoms with van der Waals surface area (Å²) >= 11 is 0. The second-order valence-electron chi connectivity index (χ2n) is 3.32. The molecule has 0 aromatic rings. The first-order chi connectivity index (χ1) is 6.70. The fourth-order valence-corrected chi connectivity index (χ4v) is 1.55. The minimum Gasteiger partial charge on any atom is -0.466 e. The van der Waals surface area contributed by atoms with Gasteiger partial charge in [0.15, 0.2) is 0 Å². The van der Waals surface area contributed by atoms with Gasteiger partial charge in [-0.2, -0.15) is 0 Å². The second kappa shape index (κ2) is 5.00. The highest BCUT2D eigenvalue weighted by Gasteiger charge is 2.28. The molecule has 0 aromatic heterocycles. The lowest BCUT2D eigenvalue weighted by Gasteiger charge is -2.11. The topological polar surface area (TPSA) is 61.5 Å². The molecule has 0 aliphatic heterocycles. The molecule has 0 saturated heterocycles. The van der Waals surface area contributed by atoms with Gasteiger partial charge in [-0.05, 0) is 19.3 Å². The van der Waals surface area contributed by atoms with Crippen LogP contribution in [-0.2, 0) is 14.3 Å². The van der Waals surface area contributed by atoms with Crippen molar-refractivity contribution in [1.29, 1.82) is 0 Å². The van der Waals surface area contributed by atoms with Crippen LogP contribution in [0.5, 0.6) is 0 Å². The number of rotatable bonds is 4. The Morgan fingerprint density at radius 3 is 2.93 bits per heavy atom. The first kappa shape index (κ1) is 11.0. The fourth-order valence-electron chi connectivity index (χ4n) is 1.55. The van der Waals surface area contributed by atoms with E-state index in [1.54, 1.807) is 0 Å². The molecule has 2 N–H and O–H groups in total. The average molecular weight is 199 g/mol. The summed E-state index contributed by atoms with van der Waals surface area (Å²) in [5.74, 6) is -0.329. The van der Waals surface area contributed by atoms with E-state index in [0.29, 0.717) is 24.3 Å². The fraction of sp³-hybridized carbons (Fsp3) is 0.700. The van der Waals surface area contributed by atoms with Crippen LogP contribution in [0.4, 0.5) is 0 Å². The smallest absolute Gasteiger partial charge is 0.335 e. The summed E-state index contributed by atoms with van der Waals surface area (Å²) < 4.78 is 10.1. The third-order valence-corrected chi connectivity index (χ3v) is 2.31. The van der Waals surface area contributed by atoms with Gasteiger partial charge in [0.25, 0.3) is 0 Å². The predicted molar refractivity (Wildman–Crippen MR) is 52.5 cm³/mol. The molecule has 0 heterocycles. The van der Waals surface area contributed by atoms with E-state index in [9.17, 15) is 4.79 Å². The molecule has 0 fully saturated rings. The molecule has 1 unspecified atom stereocenters. The molecule has 0 bridgehead atoms. The maximum Gasteiger partial charge on any atom is 0.335 e. The van der Waals surface area contributed by atoms with E-state index in [0.717, 1.165) is 12.8 Å². The predicted octanol–water partition coefficient (Wildman–Crippen LogP) is 0.961. The Morgan fingerprint density at radius 2 is 2.36 bits per heavy atom. The number of carbonyl (C=O) groups excluding carboxylic acids is 1. The molecule has 0 saturated carbocycles. The Labute approximate surface area is 84.1 Å². The second-order valence-corrected chi connectivity index (χ2v) is 3.32. The van der Waals surface area contributed by atoms with E-state index in [-0.39, 0.29) is 12.1 Å². The highest BCUT2D eigenvalue weighted by Crippen LogP contribution is 2.26. The molecule has 4 heteroatoms. The average Bonchev–Trinajstić information content (AvgIpc) is 2.56. The van der Waals surface area contributed by atoms with Crippen LogP contribution in [0.15, 0.2) is 11.3 Å². The number of carbonyl (C=O) groups is 1. The van der Waals surface area contributed by atoms with Gasteiger partial charge in [-0.15, -0.1) is 0 Å². The Morgan fingerprint density at radius 1 is 1.64 bits per heavy atom. The van der Waals surface area contributed by atoms with Crippen molar-refractivity contribution in [3.05, 3.63) is 11.3 Å². The van der Waals surface area contributed by atoms with Gasteiger partial charge in [0, 0.05) is 12.3 Å². The number of nitrogens with two attached hydrogens (primary N) is 1. The monoisotopic (exact) mass is 199 g/mol. The van der Waals surface area contributed by atoms with Crippen molar-refractivity contribution in [2.75, 3.05) is 13.7 Å². The maximum absolute atomic E-state index is 11.2. The molecule has 0 aromatic carbocycles. The SMILES string of the molecule is CCCOC1CCC(C(=O)OC)=C1N. The molecule has 1 aliphatic rings. The van der Waals surface area contributed by atoms with Crippen molar-refractivity contribution in [1.82, 2.24) is 0 Å². The van der Waals surface area contributed by atoms with Gasteiger partial charge >= 0.3 is 5.97 Å². The zero-order valence-electron chi connectivity index (χ0n) is 8.71. The van der Waals surface area contributed by atoms with Gasteiger partial charge in [-0.3, -0.25) is 0 Å². The van der Waals surface area contributed by atoms with Gasteiger partial charge in [0.1, 0.15) is 0 Å². The molecule has 1 atom stereocenters. The van der Waals surface area contributed by atoms with Crippen molar-refractivity contribution in [3.8, 4) is 0 Å². The lowest BCUT2D eigenvalue weighted by atomic mass is 10.2. The first-order valence-corrected chi connectivity index (χ1v) is 4.89. The summed E-state index contributed by atoms with van der Waals surface area (Å²) in [4.78, 5) is 11.2. The third kappa shape index (κ3) is 2.26. The largest absolute Gasteiger partial charge is 0.466 e. The van der Waals surface area contributed by atoms with Crippen molar-refractivity contribution >= 4 is 5.97 Å². The molecule has 80 valence electrons. The van der Waals surface area contributed by atoms with Gasteiger partial charge in [0.2, 0.25) is 0 Å². The van der Waals surface area contributed by atoms with E-state index in [1.165, 1.54) is 7.11 Å². The van der Waals surface area contributed by atoms with Crippen LogP contribution in [0.2, 0.25) is 0 Å². The normalized spacial score (nSPS) is 21.4. The minimum absolute atomic E-state index is 0.0935. The van der Waals surface area contributed by atoms with Crippen LogP contribution in [-0.4, -0.2) is 25.8 Å². The molecule has 1 aliphatic carbocycles. The van der Waals surface area contributed by atoms with E-state index >= 15 is 0 Å². The number of methoxy groups -OCH3 is 1. The van der Waals surface area contributed by atoms with Crippen LogP contribution in [0.1, 0.15) is 26.2 Å². The molecule has 1 rings (SSSR count). The Balaban J connectivity index is 2.60.